The number of aliphatic hydroxyl groups is 1. The SMILES string of the molecule is Cc1nc(-c2ccc(OCC(O)CNC(C)(C)C)cc2)no1. The summed E-state index contributed by atoms with van der Waals surface area (Å²) in [6.45, 7) is 8.64. The first-order valence-corrected chi connectivity index (χ1v) is 7.30. The highest BCUT2D eigenvalue weighted by Crippen LogP contribution is 2.19. The summed E-state index contributed by atoms with van der Waals surface area (Å²) in [5.74, 6) is 1.78. The number of hydrogen-bond donors (Lipinski definition) is 2. The third-order valence-electron chi connectivity index (χ3n) is 2.95. The van der Waals surface area contributed by atoms with Gasteiger partial charge in [0.05, 0.1) is 0 Å². The van der Waals surface area contributed by atoms with Gasteiger partial charge in [-0.15, -0.1) is 0 Å². The van der Waals surface area contributed by atoms with Crippen LogP contribution >= 0.6 is 0 Å². The molecular weight excluding hydrogens is 282 g/mol. The Morgan fingerprint density at radius 3 is 2.50 bits per heavy atom. The van der Waals surface area contributed by atoms with E-state index in [2.05, 4.69) is 36.2 Å². The number of nitrogens with one attached hydrogen (secondary N) is 1. The first-order valence-electron chi connectivity index (χ1n) is 7.30. The largest absolute Gasteiger partial charge is 0.491 e. The van der Waals surface area contributed by atoms with Gasteiger partial charge in [-0.1, -0.05) is 5.16 Å². The standard InChI is InChI=1S/C16H23N3O3/c1-11-18-15(19-22-11)12-5-7-14(8-6-12)21-10-13(20)9-17-16(2,3)4/h5-8,13,17,20H,9-10H2,1-4H3. The van der Waals surface area contributed by atoms with Gasteiger partial charge in [-0.2, -0.15) is 4.98 Å². The molecule has 0 aliphatic rings. The second-order valence-corrected chi connectivity index (χ2v) is 6.26. The van der Waals surface area contributed by atoms with E-state index in [1.807, 2.05) is 24.3 Å². The van der Waals surface area contributed by atoms with Crippen molar-refractivity contribution in [2.45, 2.75) is 39.3 Å². The predicted molar refractivity (Wildman–Crippen MR) is 83.7 cm³/mol. The van der Waals surface area contributed by atoms with E-state index in [0.29, 0.717) is 24.0 Å². The molecule has 1 aromatic carbocycles. The third-order valence-corrected chi connectivity index (χ3v) is 2.95. The van der Waals surface area contributed by atoms with Crippen LogP contribution in [0.4, 0.5) is 0 Å². The summed E-state index contributed by atoms with van der Waals surface area (Å²) in [7, 11) is 0. The highest BCUT2D eigenvalue weighted by Gasteiger charge is 2.12. The van der Waals surface area contributed by atoms with Crippen molar-refractivity contribution in [3.8, 4) is 17.1 Å². The number of β-amino-alcohol motifs (C(OH)–C–C–N with tert-alkyl or cyclic N) is 1. The maximum atomic E-state index is 9.89. The van der Waals surface area contributed by atoms with Crippen molar-refractivity contribution < 1.29 is 14.4 Å². The van der Waals surface area contributed by atoms with E-state index >= 15 is 0 Å². The number of benzene rings is 1. The molecule has 0 fully saturated rings. The number of aliphatic hydroxyl groups excluding tert-OH is 1. The van der Waals surface area contributed by atoms with Crippen LogP contribution in [0.15, 0.2) is 28.8 Å². The predicted octanol–water partition coefficient (Wildman–Crippen LogP) is 2.17. The topological polar surface area (TPSA) is 80.4 Å². The van der Waals surface area contributed by atoms with Gasteiger partial charge in [0.2, 0.25) is 11.7 Å². The number of hydrogen-bond acceptors (Lipinski definition) is 6. The lowest BCUT2D eigenvalue weighted by Gasteiger charge is -2.22. The van der Waals surface area contributed by atoms with Crippen LogP contribution in [0.25, 0.3) is 11.4 Å². The zero-order valence-electron chi connectivity index (χ0n) is 13.5. The quantitative estimate of drug-likeness (QED) is 0.851. The Morgan fingerprint density at radius 2 is 1.95 bits per heavy atom. The van der Waals surface area contributed by atoms with E-state index in [1.54, 1.807) is 6.92 Å². The molecule has 2 rings (SSSR count). The van der Waals surface area contributed by atoms with Crippen molar-refractivity contribution >= 4 is 0 Å². The van der Waals surface area contributed by atoms with E-state index in [9.17, 15) is 5.11 Å². The number of aryl methyl sites for hydroxylation is 1. The molecule has 2 aromatic rings. The fourth-order valence-electron chi connectivity index (χ4n) is 1.79. The third kappa shape index (κ3) is 5.13. The van der Waals surface area contributed by atoms with Gasteiger partial charge in [-0.3, -0.25) is 0 Å². The van der Waals surface area contributed by atoms with Gasteiger partial charge in [0.15, 0.2) is 0 Å². The van der Waals surface area contributed by atoms with Crippen LogP contribution in [0.5, 0.6) is 5.75 Å². The van der Waals surface area contributed by atoms with Crippen molar-refractivity contribution in [2.75, 3.05) is 13.2 Å². The lowest BCUT2D eigenvalue weighted by atomic mass is 10.1. The monoisotopic (exact) mass is 305 g/mol. The van der Waals surface area contributed by atoms with E-state index in [4.69, 9.17) is 9.26 Å². The Morgan fingerprint density at radius 1 is 1.27 bits per heavy atom. The number of ether oxygens (including phenoxy) is 1. The summed E-state index contributed by atoms with van der Waals surface area (Å²) in [4.78, 5) is 4.17. The summed E-state index contributed by atoms with van der Waals surface area (Å²) in [6, 6.07) is 7.37. The van der Waals surface area contributed by atoms with Crippen molar-refractivity contribution in [3.63, 3.8) is 0 Å². The molecule has 1 unspecified atom stereocenters. The summed E-state index contributed by atoms with van der Waals surface area (Å²) in [5, 5.41) is 17.0. The van der Waals surface area contributed by atoms with E-state index in [1.165, 1.54) is 0 Å². The highest BCUT2D eigenvalue weighted by atomic mass is 16.5. The van der Waals surface area contributed by atoms with Crippen LogP contribution in [0.2, 0.25) is 0 Å². The summed E-state index contributed by atoms with van der Waals surface area (Å²) < 4.78 is 10.5. The van der Waals surface area contributed by atoms with Gasteiger partial charge in [0.25, 0.3) is 0 Å². The normalized spacial score (nSPS) is 13.1. The Hall–Kier alpha value is -1.92. The minimum absolute atomic E-state index is 0.0225. The average Bonchev–Trinajstić information content (AvgIpc) is 2.89. The molecule has 0 saturated carbocycles. The number of nitrogens with zero attached hydrogens (tertiary/aromatic N) is 2. The first-order chi connectivity index (χ1) is 10.3. The molecule has 6 heteroatoms. The van der Waals surface area contributed by atoms with E-state index in [0.717, 1.165) is 5.56 Å². The van der Waals surface area contributed by atoms with Crippen molar-refractivity contribution in [2.24, 2.45) is 0 Å². The summed E-state index contributed by atoms with van der Waals surface area (Å²) in [6.07, 6.45) is -0.557. The highest BCUT2D eigenvalue weighted by molar-refractivity contribution is 5.55. The molecule has 120 valence electrons. The van der Waals surface area contributed by atoms with Gasteiger partial charge in [0, 0.05) is 24.6 Å². The minimum atomic E-state index is -0.557. The maximum Gasteiger partial charge on any atom is 0.223 e. The molecule has 1 aromatic heterocycles. The van der Waals surface area contributed by atoms with Crippen LogP contribution in [0.3, 0.4) is 0 Å². The molecule has 1 heterocycles. The van der Waals surface area contributed by atoms with Gasteiger partial charge >= 0.3 is 0 Å². The smallest absolute Gasteiger partial charge is 0.223 e. The van der Waals surface area contributed by atoms with Crippen molar-refractivity contribution in [1.82, 2.24) is 15.5 Å². The lowest BCUT2D eigenvalue weighted by molar-refractivity contribution is 0.100. The summed E-state index contributed by atoms with van der Waals surface area (Å²) >= 11 is 0. The maximum absolute atomic E-state index is 9.89. The Labute approximate surface area is 130 Å². The molecule has 0 bridgehead atoms. The van der Waals surface area contributed by atoms with Crippen molar-refractivity contribution in [1.29, 1.82) is 0 Å². The van der Waals surface area contributed by atoms with Crippen LogP contribution in [-0.2, 0) is 0 Å². The Kier molecular flexibility index (Phi) is 5.15. The van der Waals surface area contributed by atoms with Gasteiger partial charge in [0.1, 0.15) is 18.5 Å². The van der Waals surface area contributed by atoms with Crippen LogP contribution in [0.1, 0.15) is 26.7 Å². The molecule has 0 saturated heterocycles. The second-order valence-electron chi connectivity index (χ2n) is 6.26. The molecule has 0 amide bonds. The van der Waals surface area contributed by atoms with E-state index < -0.39 is 6.10 Å². The fourth-order valence-corrected chi connectivity index (χ4v) is 1.79. The molecule has 0 aliphatic heterocycles. The Balaban J connectivity index is 1.84. The van der Waals surface area contributed by atoms with E-state index in [-0.39, 0.29) is 12.1 Å². The van der Waals surface area contributed by atoms with Crippen molar-refractivity contribution in [3.05, 3.63) is 30.2 Å². The molecule has 2 N–H and O–H groups in total. The number of rotatable bonds is 6. The molecule has 0 aliphatic carbocycles. The molecule has 1 atom stereocenters. The van der Waals surface area contributed by atoms with Crippen LogP contribution in [0, 0.1) is 6.92 Å². The Bertz CT molecular complexity index is 587. The second kappa shape index (κ2) is 6.89. The fraction of sp³-hybridized carbons (Fsp3) is 0.500. The number of aromatic nitrogens is 2. The van der Waals surface area contributed by atoms with Crippen LogP contribution in [-0.4, -0.2) is 40.0 Å². The van der Waals surface area contributed by atoms with Gasteiger partial charge in [-0.05, 0) is 45.0 Å². The summed E-state index contributed by atoms with van der Waals surface area (Å²) in [5.41, 5.74) is 0.838. The lowest BCUT2D eigenvalue weighted by Crippen LogP contribution is -2.42. The zero-order chi connectivity index (χ0) is 16.2. The van der Waals surface area contributed by atoms with Gasteiger partial charge < -0.3 is 19.7 Å². The molecule has 6 nitrogen and oxygen atoms in total. The average molecular weight is 305 g/mol. The minimum Gasteiger partial charge on any atom is -0.491 e. The molecule has 0 spiro atoms. The van der Waals surface area contributed by atoms with Gasteiger partial charge in [-0.25, -0.2) is 0 Å². The molecule has 0 radical (unpaired) electrons. The molecular formula is C16H23N3O3. The van der Waals surface area contributed by atoms with Crippen LogP contribution < -0.4 is 10.1 Å². The zero-order valence-corrected chi connectivity index (χ0v) is 13.5. The molecule has 22 heavy (non-hydrogen) atoms. The first kappa shape index (κ1) is 16.5.